The fourth-order valence-corrected chi connectivity index (χ4v) is 4.59. The number of carboxylic acid groups (broad SMARTS) is 2. The summed E-state index contributed by atoms with van der Waals surface area (Å²) in [6.45, 7) is 3.52. The molecule has 2 aromatic heterocycles. The summed E-state index contributed by atoms with van der Waals surface area (Å²) in [6.07, 6.45) is 1.56. The Balaban J connectivity index is 1.44. The lowest BCUT2D eigenvalue weighted by Gasteiger charge is -2.19. The fraction of sp³-hybridized carbons (Fsp3) is 0.290. The van der Waals surface area contributed by atoms with Gasteiger partial charge in [0, 0.05) is 22.8 Å². The Morgan fingerprint density at radius 1 is 0.913 bits per heavy atom. The monoisotopic (exact) mass is 673 g/mol. The molecule has 0 radical (unpaired) electrons. The number of pyridine rings is 1. The molecule has 0 aliphatic rings. The van der Waals surface area contributed by atoms with Crippen LogP contribution < -0.4 is 16.0 Å². The number of benzene rings is 2. The van der Waals surface area contributed by atoms with Gasteiger partial charge in [-0.3, -0.25) is 0 Å². The van der Waals surface area contributed by atoms with Crippen LogP contribution in [0, 0.1) is 6.92 Å². The number of aromatic nitrogens is 2. The quantitative estimate of drug-likeness (QED) is 0.0738. The molecule has 13 nitrogen and oxygen atoms in total. The third-order valence-electron chi connectivity index (χ3n) is 6.25. The number of aryl methyl sites for hydroxylation is 1. The average Bonchev–Trinajstić information content (AvgIpc) is 3.49. The number of ether oxygens (including phenoxy) is 3. The number of hydrogen-bond donors (Lipinski definition) is 5. The number of nitrogens with one attached hydrogen (secondary N) is 3. The molecule has 46 heavy (non-hydrogen) atoms. The summed E-state index contributed by atoms with van der Waals surface area (Å²) in [5, 5.41) is 29.1. The van der Waals surface area contributed by atoms with Crippen molar-refractivity contribution in [3.8, 4) is 11.3 Å². The fourth-order valence-electron chi connectivity index (χ4n) is 4.21. The Morgan fingerprint density at radius 2 is 1.65 bits per heavy atom. The predicted molar refractivity (Wildman–Crippen MR) is 174 cm³/mol. The highest BCUT2D eigenvalue weighted by molar-refractivity contribution is 6.35. The molecule has 4 rings (SSSR count). The first-order valence-corrected chi connectivity index (χ1v) is 14.9. The summed E-state index contributed by atoms with van der Waals surface area (Å²) in [7, 11) is 0. The Morgan fingerprint density at radius 3 is 2.41 bits per heavy atom. The van der Waals surface area contributed by atoms with E-state index in [1.807, 2.05) is 13.0 Å². The second kappa shape index (κ2) is 17.3. The van der Waals surface area contributed by atoms with Crippen LogP contribution in [0.1, 0.15) is 21.9 Å². The molecule has 15 heteroatoms. The molecule has 2 aromatic carbocycles. The van der Waals surface area contributed by atoms with Crippen molar-refractivity contribution in [2.45, 2.75) is 13.5 Å². The van der Waals surface area contributed by atoms with E-state index in [1.165, 1.54) is 6.07 Å². The van der Waals surface area contributed by atoms with Crippen LogP contribution in [0.25, 0.3) is 11.3 Å². The molecule has 0 fully saturated rings. The lowest BCUT2D eigenvalue weighted by molar-refractivity contribution is -0.142. The van der Waals surface area contributed by atoms with Crippen LogP contribution in [-0.4, -0.2) is 78.3 Å². The van der Waals surface area contributed by atoms with E-state index in [0.717, 1.165) is 0 Å². The summed E-state index contributed by atoms with van der Waals surface area (Å²) >= 11 is 12.5. The minimum atomic E-state index is -1.08. The molecule has 0 saturated carbocycles. The number of hydrogen-bond acceptors (Lipinski definition) is 11. The number of carboxylic acids is 2. The van der Waals surface area contributed by atoms with E-state index < -0.39 is 11.9 Å². The molecule has 0 spiro atoms. The minimum Gasteiger partial charge on any atom is -0.480 e. The van der Waals surface area contributed by atoms with Gasteiger partial charge in [0.05, 0.1) is 67.7 Å². The smallest absolute Gasteiger partial charge is 0.337 e. The second-order valence-corrected chi connectivity index (χ2v) is 10.5. The molecule has 0 bridgehead atoms. The topological polar surface area (TPSA) is 177 Å². The van der Waals surface area contributed by atoms with Crippen molar-refractivity contribution >= 4 is 58.0 Å². The van der Waals surface area contributed by atoms with Gasteiger partial charge in [-0.1, -0.05) is 35.3 Å². The first-order chi connectivity index (χ1) is 22.2. The van der Waals surface area contributed by atoms with E-state index in [0.29, 0.717) is 82.2 Å². The molecule has 0 aliphatic heterocycles. The van der Waals surface area contributed by atoms with Gasteiger partial charge < -0.3 is 44.8 Å². The maximum Gasteiger partial charge on any atom is 0.337 e. The largest absolute Gasteiger partial charge is 0.480 e. The number of rotatable bonds is 19. The van der Waals surface area contributed by atoms with Crippen LogP contribution in [0.15, 0.2) is 59.1 Å². The van der Waals surface area contributed by atoms with Gasteiger partial charge in [-0.15, -0.1) is 0 Å². The van der Waals surface area contributed by atoms with E-state index in [1.54, 1.807) is 42.6 Å². The van der Waals surface area contributed by atoms with Gasteiger partial charge >= 0.3 is 11.9 Å². The van der Waals surface area contributed by atoms with Crippen LogP contribution in [-0.2, 0) is 25.5 Å². The highest BCUT2D eigenvalue weighted by Crippen LogP contribution is 2.35. The lowest BCUT2D eigenvalue weighted by Crippen LogP contribution is -2.16. The molecule has 0 aliphatic carbocycles. The maximum atomic E-state index is 11.9. The highest BCUT2D eigenvalue weighted by atomic mass is 35.5. The van der Waals surface area contributed by atoms with Gasteiger partial charge in [0.15, 0.2) is 11.6 Å². The summed E-state index contributed by atoms with van der Waals surface area (Å²) in [6, 6.07) is 13.5. The van der Waals surface area contributed by atoms with Gasteiger partial charge in [-0.2, -0.15) is 0 Å². The number of nitrogens with zero attached hydrogens (tertiary/aromatic N) is 2. The first kappa shape index (κ1) is 34.5. The molecule has 244 valence electrons. The number of aromatic carboxylic acids is 1. The number of anilines is 4. The van der Waals surface area contributed by atoms with Gasteiger partial charge in [0.2, 0.25) is 5.89 Å². The molecule has 0 unspecified atom stereocenters. The van der Waals surface area contributed by atoms with E-state index in [-0.39, 0.29) is 31.9 Å². The van der Waals surface area contributed by atoms with Crippen molar-refractivity contribution in [1.29, 1.82) is 0 Å². The van der Waals surface area contributed by atoms with Gasteiger partial charge in [-0.05, 0) is 43.3 Å². The van der Waals surface area contributed by atoms with Crippen molar-refractivity contribution in [2.24, 2.45) is 0 Å². The Hall–Kier alpha value is -4.40. The summed E-state index contributed by atoms with van der Waals surface area (Å²) in [5.41, 5.74) is 2.98. The predicted octanol–water partition coefficient (Wildman–Crippen LogP) is 5.95. The molecule has 0 atom stereocenters. The average molecular weight is 675 g/mol. The molecule has 2 heterocycles. The number of oxazole rings is 1. The van der Waals surface area contributed by atoms with Gasteiger partial charge in [0.25, 0.3) is 0 Å². The minimum absolute atomic E-state index is 0.0890. The SMILES string of the molecule is Cc1cc(NCCOCCOCCOCC(=O)O)c(NCc2ncc(-c3cc(Cl)ccc3Cl)o2)c(Nc2ccccc2C(=O)O)n1. The molecular formula is C31H33Cl2N5O8. The van der Waals surface area contributed by atoms with Crippen molar-refractivity contribution in [3.63, 3.8) is 0 Å². The van der Waals surface area contributed by atoms with Crippen LogP contribution in [0.2, 0.25) is 10.0 Å². The van der Waals surface area contributed by atoms with Crippen LogP contribution >= 0.6 is 23.2 Å². The number of halogens is 2. The van der Waals surface area contributed by atoms with Crippen molar-refractivity contribution < 1.29 is 38.4 Å². The Bertz CT molecular complexity index is 1630. The van der Waals surface area contributed by atoms with Crippen LogP contribution in [0.5, 0.6) is 0 Å². The number of carbonyl (C=O) groups is 2. The number of para-hydroxylation sites is 1. The van der Waals surface area contributed by atoms with E-state index in [2.05, 4.69) is 25.9 Å². The third-order valence-corrected chi connectivity index (χ3v) is 6.82. The van der Waals surface area contributed by atoms with Crippen LogP contribution in [0.4, 0.5) is 22.9 Å². The van der Waals surface area contributed by atoms with Crippen LogP contribution in [0.3, 0.4) is 0 Å². The maximum absolute atomic E-state index is 11.9. The van der Waals surface area contributed by atoms with Crippen molar-refractivity contribution in [2.75, 3.05) is 62.1 Å². The standard InChI is InChI=1S/C31H33Cl2N5O8/c1-19-14-25(34-8-9-43-10-11-44-12-13-45-18-28(39)40)29(30(37-19)38-24-5-3-2-4-21(24)31(41)42)36-17-27-35-16-26(46-27)22-15-20(32)6-7-23(22)33/h2-7,14-16,36H,8-13,17-18H2,1H3,(H,39,40)(H,41,42)(H2,34,37,38). The van der Waals surface area contributed by atoms with Crippen molar-refractivity contribution in [3.05, 3.63) is 81.9 Å². The summed E-state index contributed by atoms with van der Waals surface area (Å²) in [5.74, 6) is -0.902. The van der Waals surface area contributed by atoms with Gasteiger partial charge in [-0.25, -0.2) is 19.6 Å². The zero-order chi connectivity index (χ0) is 32.9. The highest BCUT2D eigenvalue weighted by Gasteiger charge is 2.17. The van der Waals surface area contributed by atoms with E-state index in [9.17, 15) is 14.7 Å². The second-order valence-electron chi connectivity index (χ2n) is 9.70. The zero-order valence-corrected chi connectivity index (χ0v) is 26.4. The summed E-state index contributed by atoms with van der Waals surface area (Å²) < 4.78 is 21.9. The Kier molecular flexibility index (Phi) is 13.0. The molecular weight excluding hydrogens is 641 g/mol. The summed E-state index contributed by atoms with van der Waals surface area (Å²) in [4.78, 5) is 31.3. The van der Waals surface area contributed by atoms with E-state index >= 15 is 0 Å². The molecule has 4 aromatic rings. The lowest BCUT2D eigenvalue weighted by atomic mass is 10.1. The van der Waals surface area contributed by atoms with Gasteiger partial charge in [0.1, 0.15) is 12.3 Å². The number of aliphatic carboxylic acids is 1. The first-order valence-electron chi connectivity index (χ1n) is 14.1. The third kappa shape index (κ3) is 10.3. The molecule has 5 N–H and O–H groups in total. The molecule has 0 saturated heterocycles. The Labute approximate surface area is 274 Å². The van der Waals surface area contributed by atoms with Crippen molar-refractivity contribution in [1.82, 2.24) is 9.97 Å². The normalized spacial score (nSPS) is 10.9. The molecule has 0 amide bonds. The zero-order valence-electron chi connectivity index (χ0n) is 24.8. The van der Waals surface area contributed by atoms with E-state index in [4.69, 9.17) is 46.9 Å².